The Morgan fingerprint density at radius 1 is 1.22 bits per heavy atom. The van der Waals surface area contributed by atoms with E-state index in [4.69, 9.17) is 22.1 Å². The molecule has 0 aliphatic carbocycles. The number of rotatable bonds is 3. The molecule has 0 saturated carbocycles. The smallest absolute Gasteiger partial charge is 0.134 e. The zero-order chi connectivity index (χ0) is 13.1. The summed E-state index contributed by atoms with van der Waals surface area (Å²) >= 11 is 9.18. The Balaban J connectivity index is 2.11. The van der Waals surface area contributed by atoms with Crippen LogP contribution in [0.1, 0.15) is 5.56 Å². The first kappa shape index (κ1) is 13.2. The largest absolute Gasteiger partial charge is 0.488 e. The lowest BCUT2D eigenvalue weighted by Gasteiger charge is -2.10. The van der Waals surface area contributed by atoms with Crippen LogP contribution in [0.5, 0.6) is 5.75 Å². The quantitative estimate of drug-likeness (QED) is 0.846. The highest BCUT2D eigenvalue weighted by Gasteiger charge is 2.05. The molecular formula is C13H10BrClFNO. The van der Waals surface area contributed by atoms with Crippen LogP contribution in [0.3, 0.4) is 0 Å². The first-order valence-electron chi connectivity index (χ1n) is 5.18. The molecule has 2 nitrogen and oxygen atoms in total. The predicted molar refractivity (Wildman–Crippen MR) is 74.3 cm³/mol. The predicted octanol–water partition coefficient (Wildman–Crippen LogP) is 4.40. The molecule has 2 N–H and O–H groups in total. The van der Waals surface area contributed by atoms with Crippen molar-refractivity contribution in [3.05, 3.63) is 57.3 Å². The average Bonchev–Trinajstić information content (AvgIpc) is 2.30. The minimum atomic E-state index is -0.357. The van der Waals surface area contributed by atoms with Gasteiger partial charge >= 0.3 is 0 Å². The second-order valence-corrected chi connectivity index (χ2v) is 5.00. The molecule has 0 atom stereocenters. The summed E-state index contributed by atoms with van der Waals surface area (Å²) in [5, 5.41) is 0.621. The van der Waals surface area contributed by atoms with Crippen LogP contribution in [-0.4, -0.2) is 0 Å². The maximum absolute atomic E-state index is 12.9. The molecule has 0 bridgehead atoms. The van der Waals surface area contributed by atoms with E-state index in [0.717, 1.165) is 10.0 Å². The minimum absolute atomic E-state index is 0.270. The normalized spacial score (nSPS) is 10.4. The van der Waals surface area contributed by atoms with Crippen LogP contribution in [0.4, 0.5) is 10.1 Å². The van der Waals surface area contributed by atoms with Gasteiger partial charge in [0.1, 0.15) is 18.2 Å². The highest BCUT2D eigenvalue weighted by Crippen LogP contribution is 2.29. The van der Waals surface area contributed by atoms with E-state index < -0.39 is 0 Å². The fourth-order valence-corrected chi connectivity index (χ4v) is 2.24. The Bertz CT molecular complexity index is 525. The van der Waals surface area contributed by atoms with Crippen LogP contribution >= 0.6 is 27.5 Å². The third-order valence-corrected chi connectivity index (χ3v) is 3.24. The number of nitrogens with two attached hydrogens (primary N) is 1. The van der Waals surface area contributed by atoms with Gasteiger partial charge in [-0.1, -0.05) is 17.7 Å². The van der Waals surface area contributed by atoms with Crippen molar-refractivity contribution in [1.29, 1.82) is 0 Å². The second kappa shape index (κ2) is 5.59. The van der Waals surface area contributed by atoms with E-state index >= 15 is 0 Å². The Morgan fingerprint density at radius 3 is 2.67 bits per heavy atom. The molecule has 0 amide bonds. The fourth-order valence-electron chi connectivity index (χ4n) is 1.45. The summed E-state index contributed by atoms with van der Waals surface area (Å²) in [5.74, 6) is 0.298. The molecular weight excluding hydrogens is 321 g/mol. The highest BCUT2D eigenvalue weighted by atomic mass is 79.9. The SMILES string of the molecule is Nc1cc(F)ccc1COc1ccc(Cl)cc1Br. The maximum atomic E-state index is 12.9. The van der Waals surface area contributed by atoms with Crippen LogP contribution in [0.15, 0.2) is 40.9 Å². The molecule has 0 aliphatic rings. The molecule has 94 valence electrons. The average molecular weight is 331 g/mol. The van der Waals surface area contributed by atoms with Gasteiger partial charge < -0.3 is 10.5 Å². The van der Waals surface area contributed by atoms with Crippen molar-refractivity contribution in [2.24, 2.45) is 0 Å². The van der Waals surface area contributed by atoms with Crippen LogP contribution < -0.4 is 10.5 Å². The summed E-state index contributed by atoms with van der Waals surface area (Å²) in [6, 6.07) is 9.46. The minimum Gasteiger partial charge on any atom is -0.488 e. The van der Waals surface area contributed by atoms with Crippen LogP contribution in [0.2, 0.25) is 5.02 Å². The molecule has 2 aromatic rings. The van der Waals surface area contributed by atoms with Gasteiger partial charge in [-0.15, -0.1) is 0 Å². The Morgan fingerprint density at radius 2 is 2.00 bits per heavy atom. The van der Waals surface area contributed by atoms with Gasteiger partial charge in [0.15, 0.2) is 0 Å². The number of halogens is 3. The summed E-state index contributed by atoms with van der Waals surface area (Å²) in [5.41, 5.74) is 6.80. The number of ether oxygens (including phenoxy) is 1. The van der Waals surface area contributed by atoms with Crippen LogP contribution in [-0.2, 0) is 6.61 Å². The Kier molecular flexibility index (Phi) is 4.09. The van der Waals surface area contributed by atoms with E-state index in [0.29, 0.717) is 16.5 Å². The fraction of sp³-hybridized carbons (Fsp3) is 0.0769. The molecule has 2 rings (SSSR count). The Hall–Kier alpha value is -1.26. The zero-order valence-electron chi connectivity index (χ0n) is 9.29. The summed E-state index contributed by atoms with van der Waals surface area (Å²) in [4.78, 5) is 0. The number of hydrogen-bond donors (Lipinski definition) is 1. The molecule has 5 heteroatoms. The van der Waals surface area contributed by atoms with Crippen LogP contribution in [0.25, 0.3) is 0 Å². The van der Waals surface area contributed by atoms with Crippen molar-refractivity contribution in [3.8, 4) is 5.75 Å². The van der Waals surface area contributed by atoms with Crippen molar-refractivity contribution in [1.82, 2.24) is 0 Å². The monoisotopic (exact) mass is 329 g/mol. The highest BCUT2D eigenvalue weighted by molar-refractivity contribution is 9.10. The van der Waals surface area contributed by atoms with Gasteiger partial charge in [-0.2, -0.15) is 0 Å². The third kappa shape index (κ3) is 3.15. The molecule has 0 heterocycles. The van der Waals surface area contributed by atoms with Gasteiger partial charge in [-0.05, 0) is 46.3 Å². The van der Waals surface area contributed by atoms with Crippen molar-refractivity contribution in [2.45, 2.75) is 6.61 Å². The van der Waals surface area contributed by atoms with Crippen LogP contribution in [0, 0.1) is 5.82 Å². The topological polar surface area (TPSA) is 35.2 Å². The van der Waals surface area contributed by atoms with Crippen molar-refractivity contribution < 1.29 is 9.13 Å². The number of anilines is 1. The maximum Gasteiger partial charge on any atom is 0.134 e. The van der Waals surface area contributed by atoms with E-state index in [1.54, 1.807) is 24.3 Å². The first-order chi connectivity index (χ1) is 8.56. The van der Waals surface area contributed by atoms with Crippen molar-refractivity contribution in [2.75, 3.05) is 5.73 Å². The standard InChI is InChI=1S/C13H10BrClFNO/c14-11-5-9(15)2-4-13(11)18-7-8-1-3-10(16)6-12(8)17/h1-6H,7,17H2. The summed E-state index contributed by atoms with van der Waals surface area (Å²) < 4.78 is 19.2. The lowest BCUT2D eigenvalue weighted by atomic mass is 10.2. The molecule has 0 unspecified atom stereocenters. The van der Waals surface area contributed by atoms with Gasteiger partial charge in [0.2, 0.25) is 0 Å². The van der Waals surface area contributed by atoms with E-state index in [2.05, 4.69) is 15.9 Å². The van der Waals surface area contributed by atoms with Gasteiger partial charge in [-0.25, -0.2) is 4.39 Å². The summed E-state index contributed by atoms with van der Waals surface area (Å²) in [6.45, 7) is 0.270. The molecule has 2 aromatic carbocycles. The van der Waals surface area contributed by atoms with Crippen molar-refractivity contribution in [3.63, 3.8) is 0 Å². The van der Waals surface area contributed by atoms with E-state index in [1.165, 1.54) is 12.1 Å². The summed E-state index contributed by atoms with van der Waals surface area (Å²) in [7, 11) is 0. The van der Waals surface area contributed by atoms with Gasteiger partial charge in [-0.3, -0.25) is 0 Å². The molecule has 0 saturated heterocycles. The molecule has 0 aliphatic heterocycles. The van der Waals surface area contributed by atoms with Crippen molar-refractivity contribution >= 4 is 33.2 Å². The van der Waals surface area contributed by atoms with Gasteiger partial charge in [0.05, 0.1) is 4.47 Å². The molecule has 0 spiro atoms. The number of hydrogen-bond acceptors (Lipinski definition) is 2. The lowest BCUT2D eigenvalue weighted by molar-refractivity contribution is 0.305. The number of benzene rings is 2. The number of nitrogen functional groups attached to an aromatic ring is 1. The second-order valence-electron chi connectivity index (χ2n) is 3.71. The van der Waals surface area contributed by atoms with E-state index in [9.17, 15) is 4.39 Å². The van der Waals surface area contributed by atoms with E-state index in [1.807, 2.05) is 0 Å². The molecule has 18 heavy (non-hydrogen) atoms. The summed E-state index contributed by atoms with van der Waals surface area (Å²) in [6.07, 6.45) is 0. The van der Waals surface area contributed by atoms with Gasteiger partial charge in [0.25, 0.3) is 0 Å². The van der Waals surface area contributed by atoms with Gasteiger partial charge in [0, 0.05) is 16.3 Å². The third-order valence-electron chi connectivity index (χ3n) is 2.39. The molecule has 0 radical (unpaired) electrons. The van der Waals surface area contributed by atoms with E-state index in [-0.39, 0.29) is 12.4 Å². The first-order valence-corrected chi connectivity index (χ1v) is 6.35. The molecule has 0 aromatic heterocycles. The Labute approximate surface area is 118 Å². The molecule has 0 fully saturated rings. The lowest BCUT2D eigenvalue weighted by Crippen LogP contribution is -2.01. The zero-order valence-corrected chi connectivity index (χ0v) is 11.6.